The molecule has 0 saturated heterocycles. The molecule has 5 heteroatoms. The third kappa shape index (κ3) is 4.90. The molecule has 0 unspecified atom stereocenters. The average Bonchev–Trinajstić information content (AvgIpc) is 3.82. The summed E-state index contributed by atoms with van der Waals surface area (Å²) in [5, 5.41) is 6.41. The molecule has 0 atom stereocenters. The Kier molecular flexibility index (Phi) is 6.79. The monoisotopic (exact) mass is 691 g/mol. The molecule has 0 bridgehead atoms. The first-order valence-corrected chi connectivity index (χ1v) is 18.0. The van der Waals surface area contributed by atoms with E-state index in [1.165, 1.54) is 5.39 Å². The van der Waals surface area contributed by atoms with Crippen LogP contribution >= 0.6 is 0 Å². The lowest BCUT2D eigenvalue weighted by Gasteiger charge is -2.10. The smallest absolute Gasteiger partial charge is 0.164 e. The maximum absolute atomic E-state index is 6.60. The van der Waals surface area contributed by atoms with E-state index in [0.29, 0.717) is 17.5 Å². The molecule has 0 spiro atoms. The lowest BCUT2D eigenvalue weighted by molar-refractivity contribution is 0.669. The van der Waals surface area contributed by atoms with Crippen molar-refractivity contribution in [2.45, 2.75) is 0 Å². The average molecular weight is 692 g/mol. The molecule has 54 heavy (non-hydrogen) atoms. The normalized spacial score (nSPS) is 11.7. The number of hydrogen-bond acceptors (Lipinski definition) is 5. The van der Waals surface area contributed by atoms with Gasteiger partial charge >= 0.3 is 0 Å². The zero-order valence-electron chi connectivity index (χ0n) is 28.9. The van der Waals surface area contributed by atoms with Gasteiger partial charge in [0.25, 0.3) is 0 Å². The zero-order chi connectivity index (χ0) is 35.6. The Hall–Kier alpha value is -7.37. The van der Waals surface area contributed by atoms with Gasteiger partial charge in [0.2, 0.25) is 0 Å². The number of benzene rings is 8. The van der Waals surface area contributed by atoms with E-state index in [9.17, 15) is 0 Å². The van der Waals surface area contributed by atoms with Gasteiger partial charge in [-0.1, -0.05) is 140 Å². The molecule has 0 fully saturated rings. The Morgan fingerprint density at radius 1 is 0.315 bits per heavy atom. The number of furan rings is 2. The van der Waals surface area contributed by atoms with Crippen LogP contribution < -0.4 is 0 Å². The van der Waals surface area contributed by atoms with Crippen LogP contribution in [0.25, 0.3) is 111 Å². The van der Waals surface area contributed by atoms with Crippen LogP contribution in [-0.4, -0.2) is 15.0 Å². The highest BCUT2D eigenvalue weighted by Gasteiger charge is 2.21. The number of rotatable bonds is 5. The first-order chi connectivity index (χ1) is 26.7. The van der Waals surface area contributed by atoms with Crippen molar-refractivity contribution in [2.24, 2.45) is 0 Å². The Morgan fingerprint density at radius 3 is 1.81 bits per heavy atom. The lowest BCUT2D eigenvalue weighted by atomic mass is 9.93. The summed E-state index contributed by atoms with van der Waals surface area (Å²) in [6.07, 6.45) is 0. The van der Waals surface area contributed by atoms with Crippen LogP contribution in [0.2, 0.25) is 0 Å². The Labute approximate surface area is 309 Å². The summed E-state index contributed by atoms with van der Waals surface area (Å²) in [7, 11) is 0. The van der Waals surface area contributed by atoms with E-state index in [1.54, 1.807) is 0 Å². The third-order valence-corrected chi connectivity index (χ3v) is 10.3. The molecule has 5 nitrogen and oxygen atoms in total. The number of para-hydroxylation sites is 1. The van der Waals surface area contributed by atoms with Gasteiger partial charge in [0.1, 0.15) is 22.3 Å². The molecular weight excluding hydrogens is 663 g/mol. The van der Waals surface area contributed by atoms with Gasteiger partial charge in [-0.15, -0.1) is 0 Å². The topological polar surface area (TPSA) is 65.0 Å². The van der Waals surface area contributed by atoms with Gasteiger partial charge in [0.15, 0.2) is 17.5 Å². The minimum absolute atomic E-state index is 0.584. The van der Waals surface area contributed by atoms with Crippen LogP contribution in [0, 0.1) is 0 Å². The predicted octanol–water partition coefficient (Wildman–Crippen LogP) is 13.2. The predicted molar refractivity (Wildman–Crippen MR) is 219 cm³/mol. The molecule has 0 aliphatic rings. The van der Waals surface area contributed by atoms with Gasteiger partial charge in [0.05, 0.1) is 0 Å². The lowest BCUT2D eigenvalue weighted by Crippen LogP contribution is -2.00. The summed E-state index contributed by atoms with van der Waals surface area (Å²) in [5.74, 6) is 1.81. The van der Waals surface area contributed by atoms with E-state index in [2.05, 4.69) is 115 Å². The van der Waals surface area contributed by atoms with E-state index in [0.717, 1.165) is 88.2 Å². The zero-order valence-corrected chi connectivity index (χ0v) is 28.9. The second-order valence-electron chi connectivity index (χ2n) is 13.6. The van der Waals surface area contributed by atoms with E-state index in [-0.39, 0.29) is 0 Å². The SMILES string of the molecule is c1ccc(-c2nc(-c3ccc4ccccc4c3)nc(-c3cccc4oc5ccc(-c6ccc(-c7ccccc7)c7oc8ccccc8c67)cc5c34)n2)cc1. The van der Waals surface area contributed by atoms with E-state index < -0.39 is 0 Å². The van der Waals surface area contributed by atoms with Gasteiger partial charge in [-0.3, -0.25) is 0 Å². The fourth-order valence-corrected chi connectivity index (χ4v) is 7.76. The molecule has 11 rings (SSSR count). The fourth-order valence-electron chi connectivity index (χ4n) is 7.76. The Balaban J connectivity index is 1.13. The molecule has 252 valence electrons. The minimum Gasteiger partial charge on any atom is -0.456 e. The number of aromatic nitrogens is 3. The maximum Gasteiger partial charge on any atom is 0.164 e. The Bertz CT molecular complexity index is 3220. The fraction of sp³-hybridized carbons (Fsp3) is 0. The number of nitrogens with zero attached hydrogens (tertiary/aromatic N) is 3. The van der Waals surface area contributed by atoms with Gasteiger partial charge in [-0.2, -0.15) is 0 Å². The molecule has 0 N–H and O–H groups in total. The minimum atomic E-state index is 0.584. The van der Waals surface area contributed by atoms with Crippen molar-refractivity contribution in [3.63, 3.8) is 0 Å². The summed E-state index contributed by atoms with van der Waals surface area (Å²) in [6, 6.07) is 60.4. The molecule has 0 aliphatic carbocycles. The highest BCUT2D eigenvalue weighted by atomic mass is 16.3. The molecule has 0 amide bonds. The van der Waals surface area contributed by atoms with Crippen molar-refractivity contribution >= 4 is 54.6 Å². The summed E-state index contributed by atoms with van der Waals surface area (Å²) >= 11 is 0. The van der Waals surface area contributed by atoms with Crippen molar-refractivity contribution in [3.05, 3.63) is 176 Å². The van der Waals surface area contributed by atoms with Crippen molar-refractivity contribution in [1.82, 2.24) is 15.0 Å². The van der Waals surface area contributed by atoms with E-state index in [4.69, 9.17) is 23.8 Å². The molecule has 3 aromatic heterocycles. The summed E-state index contributed by atoms with van der Waals surface area (Å²) in [5.41, 5.74) is 10.4. The van der Waals surface area contributed by atoms with Crippen LogP contribution in [-0.2, 0) is 0 Å². The Morgan fingerprint density at radius 2 is 0.963 bits per heavy atom. The quantitative estimate of drug-likeness (QED) is 0.180. The van der Waals surface area contributed by atoms with E-state index in [1.807, 2.05) is 60.7 Å². The summed E-state index contributed by atoms with van der Waals surface area (Å²) in [4.78, 5) is 15.3. The van der Waals surface area contributed by atoms with Crippen molar-refractivity contribution < 1.29 is 8.83 Å². The summed E-state index contributed by atoms with van der Waals surface area (Å²) < 4.78 is 13.1. The van der Waals surface area contributed by atoms with Crippen LogP contribution in [0.1, 0.15) is 0 Å². The first-order valence-electron chi connectivity index (χ1n) is 18.0. The molecule has 11 aromatic rings. The van der Waals surface area contributed by atoms with E-state index >= 15 is 0 Å². The second kappa shape index (κ2) is 12.1. The molecular formula is C49H29N3O2. The van der Waals surface area contributed by atoms with Gasteiger partial charge in [-0.25, -0.2) is 15.0 Å². The van der Waals surface area contributed by atoms with Crippen molar-refractivity contribution in [2.75, 3.05) is 0 Å². The van der Waals surface area contributed by atoms with Gasteiger partial charge < -0.3 is 8.83 Å². The molecule has 3 heterocycles. The molecule has 0 radical (unpaired) electrons. The first kappa shape index (κ1) is 30.3. The van der Waals surface area contributed by atoms with Crippen molar-refractivity contribution in [3.8, 4) is 56.4 Å². The van der Waals surface area contributed by atoms with Crippen LogP contribution in [0.15, 0.2) is 185 Å². The molecule has 8 aromatic carbocycles. The largest absolute Gasteiger partial charge is 0.456 e. The van der Waals surface area contributed by atoms with Crippen LogP contribution in [0.5, 0.6) is 0 Å². The summed E-state index contributed by atoms with van der Waals surface area (Å²) in [6.45, 7) is 0. The molecule has 0 saturated carbocycles. The van der Waals surface area contributed by atoms with Gasteiger partial charge in [0, 0.05) is 43.8 Å². The van der Waals surface area contributed by atoms with Crippen molar-refractivity contribution in [1.29, 1.82) is 0 Å². The second-order valence-corrected chi connectivity index (χ2v) is 13.6. The van der Waals surface area contributed by atoms with Crippen LogP contribution in [0.3, 0.4) is 0 Å². The maximum atomic E-state index is 6.60. The molecule has 0 aliphatic heterocycles. The standard InChI is InChI=1S/C49H29N3O2/c1-3-13-31(14-4-1)37-26-25-36(45-38-18-9-10-20-41(38)54-46(37)45)34-24-27-42-40(29-34)44-39(19-11-21-43(44)53-42)49-51-47(32-15-5-2-6-16-32)50-48(52-49)35-23-22-30-12-7-8-17-33(30)28-35/h1-29H. The van der Waals surface area contributed by atoms with Crippen LogP contribution in [0.4, 0.5) is 0 Å². The highest BCUT2D eigenvalue weighted by Crippen LogP contribution is 2.44. The van der Waals surface area contributed by atoms with Gasteiger partial charge in [-0.05, 0) is 63.9 Å². The number of hydrogen-bond donors (Lipinski definition) is 0. The third-order valence-electron chi connectivity index (χ3n) is 10.3. The number of fused-ring (bicyclic) bond motifs is 7. The highest BCUT2D eigenvalue weighted by molar-refractivity contribution is 6.18.